The normalized spacial score (nSPS) is 11.0. The van der Waals surface area contributed by atoms with Crippen LogP contribution in [0.25, 0.3) is 11.0 Å². The Balaban J connectivity index is 1.26. The Hall–Kier alpha value is -3.51. The van der Waals surface area contributed by atoms with Crippen molar-refractivity contribution in [3.8, 4) is 11.5 Å². The molecule has 1 heterocycles. The molecule has 1 amide bonds. The molecule has 7 heteroatoms. The van der Waals surface area contributed by atoms with Gasteiger partial charge in [-0.15, -0.1) is 0 Å². The van der Waals surface area contributed by atoms with Crippen molar-refractivity contribution in [1.82, 2.24) is 14.9 Å². The minimum Gasteiger partial charge on any atom is -0.493 e. The summed E-state index contributed by atoms with van der Waals surface area (Å²) in [6, 6.07) is 21.3. The van der Waals surface area contributed by atoms with Gasteiger partial charge >= 0.3 is 0 Å². The molecule has 0 bridgehead atoms. The fourth-order valence-corrected chi connectivity index (χ4v) is 4.18. The van der Waals surface area contributed by atoms with Crippen LogP contribution in [-0.4, -0.2) is 35.2 Å². The van der Waals surface area contributed by atoms with E-state index in [0.29, 0.717) is 23.9 Å². The lowest BCUT2D eigenvalue weighted by molar-refractivity contribution is -0.123. The predicted molar refractivity (Wildman–Crippen MR) is 144 cm³/mol. The van der Waals surface area contributed by atoms with E-state index in [1.54, 1.807) is 24.3 Å². The highest BCUT2D eigenvalue weighted by Gasteiger charge is 2.11. The van der Waals surface area contributed by atoms with Gasteiger partial charge in [0, 0.05) is 24.5 Å². The largest absolute Gasteiger partial charge is 0.493 e. The van der Waals surface area contributed by atoms with Gasteiger partial charge < -0.3 is 19.4 Å². The highest BCUT2D eigenvalue weighted by atomic mass is 35.5. The number of benzene rings is 3. The number of aromatic nitrogens is 2. The summed E-state index contributed by atoms with van der Waals surface area (Å²) in [5.41, 5.74) is 4.54. The standard InChI is InChI=1S/C29H32ClN3O3/c1-21-8-5-11-27(22(21)2)35-19-7-18-33-26-10-4-3-9-25(26)32-28(33)12-6-17-31-29(34)20-36-24-15-13-23(30)14-16-24/h3-5,8-11,13-16H,6-7,12,17-20H2,1-2H3,(H,31,34). The SMILES string of the molecule is Cc1cccc(OCCCn2c(CCCNC(=O)COc3ccc(Cl)cc3)nc3ccccc32)c1C. The van der Waals surface area contributed by atoms with E-state index < -0.39 is 0 Å². The summed E-state index contributed by atoms with van der Waals surface area (Å²) in [4.78, 5) is 17.0. The van der Waals surface area contributed by atoms with Crippen LogP contribution in [0.2, 0.25) is 5.02 Å². The van der Waals surface area contributed by atoms with E-state index in [-0.39, 0.29) is 12.5 Å². The van der Waals surface area contributed by atoms with Crippen molar-refractivity contribution in [1.29, 1.82) is 0 Å². The zero-order chi connectivity index (χ0) is 25.3. The number of rotatable bonds is 12. The molecule has 0 atom stereocenters. The second kappa shape index (κ2) is 12.5. The third-order valence-electron chi connectivity index (χ3n) is 6.16. The van der Waals surface area contributed by atoms with Gasteiger partial charge in [0.1, 0.15) is 17.3 Å². The average molecular weight is 506 g/mol. The Morgan fingerprint density at radius 2 is 1.78 bits per heavy atom. The third-order valence-corrected chi connectivity index (χ3v) is 6.41. The first-order valence-corrected chi connectivity index (χ1v) is 12.7. The van der Waals surface area contributed by atoms with Gasteiger partial charge in [-0.2, -0.15) is 0 Å². The number of carbonyl (C=O) groups is 1. The summed E-state index contributed by atoms with van der Waals surface area (Å²) in [7, 11) is 0. The molecule has 1 N–H and O–H groups in total. The van der Waals surface area contributed by atoms with Gasteiger partial charge in [-0.3, -0.25) is 4.79 Å². The number of hydrogen-bond donors (Lipinski definition) is 1. The maximum atomic E-state index is 12.1. The quantitative estimate of drug-likeness (QED) is 0.243. The second-order valence-electron chi connectivity index (χ2n) is 8.76. The van der Waals surface area contributed by atoms with E-state index in [1.807, 2.05) is 30.3 Å². The van der Waals surface area contributed by atoms with Crippen LogP contribution in [0.5, 0.6) is 11.5 Å². The maximum absolute atomic E-state index is 12.1. The number of carbonyl (C=O) groups excluding carboxylic acids is 1. The van der Waals surface area contributed by atoms with Gasteiger partial charge in [0.05, 0.1) is 17.6 Å². The molecular formula is C29H32ClN3O3. The summed E-state index contributed by atoms with van der Waals surface area (Å²) in [6.45, 7) is 6.18. The smallest absolute Gasteiger partial charge is 0.257 e. The van der Waals surface area contributed by atoms with Crippen molar-refractivity contribution in [3.05, 3.63) is 88.7 Å². The number of aryl methyl sites for hydroxylation is 3. The molecule has 0 aliphatic carbocycles. The summed E-state index contributed by atoms with van der Waals surface area (Å²) >= 11 is 5.87. The van der Waals surface area contributed by atoms with Gasteiger partial charge in [-0.25, -0.2) is 4.98 Å². The molecule has 0 saturated carbocycles. The Morgan fingerprint density at radius 1 is 0.972 bits per heavy atom. The molecule has 1 aromatic heterocycles. The number of fused-ring (bicyclic) bond motifs is 1. The van der Waals surface area contributed by atoms with Crippen molar-refractivity contribution in [2.24, 2.45) is 0 Å². The molecule has 188 valence electrons. The predicted octanol–water partition coefficient (Wildman–Crippen LogP) is 5.90. The Labute approximate surface area is 217 Å². The molecule has 4 rings (SSSR count). The van der Waals surface area contributed by atoms with Crippen molar-refractivity contribution >= 4 is 28.5 Å². The van der Waals surface area contributed by atoms with Crippen molar-refractivity contribution in [2.45, 2.75) is 39.7 Å². The zero-order valence-corrected chi connectivity index (χ0v) is 21.6. The first-order chi connectivity index (χ1) is 17.5. The average Bonchev–Trinajstić information content (AvgIpc) is 3.24. The summed E-state index contributed by atoms with van der Waals surface area (Å²) in [6.07, 6.45) is 2.43. The Kier molecular flexibility index (Phi) is 8.85. The fraction of sp³-hybridized carbons (Fsp3) is 0.310. The summed E-state index contributed by atoms with van der Waals surface area (Å²) in [5.74, 6) is 2.43. The van der Waals surface area contributed by atoms with Crippen LogP contribution in [0.4, 0.5) is 0 Å². The van der Waals surface area contributed by atoms with E-state index in [2.05, 4.69) is 35.9 Å². The van der Waals surface area contributed by atoms with Gasteiger partial charge in [0.25, 0.3) is 5.91 Å². The van der Waals surface area contributed by atoms with Crippen molar-refractivity contribution in [2.75, 3.05) is 19.8 Å². The van der Waals surface area contributed by atoms with Gasteiger partial charge in [-0.05, 0) is 80.3 Å². The number of imidazole rings is 1. The van der Waals surface area contributed by atoms with Crippen LogP contribution in [0.3, 0.4) is 0 Å². The number of nitrogens with one attached hydrogen (secondary N) is 1. The third kappa shape index (κ3) is 6.79. The van der Waals surface area contributed by atoms with Crippen LogP contribution in [0.15, 0.2) is 66.7 Å². The lowest BCUT2D eigenvalue weighted by Gasteiger charge is -2.13. The first-order valence-electron chi connectivity index (χ1n) is 12.3. The van der Waals surface area contributed by atoms with E-state index in [1.165, 1.54) is 11.1 Å². The second-order valence-corrected chi connectivity index (χ2v) is 9.20. The Bertz CT molecular complexity index is 1300. The van der Waals surface area contributed by atoms with Crippen LogP contribution in [-0.2, 0) is 17.8 Å². The highest BCUT2D eigenvalue weighted by molar-refractivity contribution is 6.30. The molecule has 6 nitrogen and oxygen atoms in total. The molecular weight excluding hydrogens is 474 g/mol. The highest BCUT2D eigenvalue weighted by Crippen LogP contribution is 2.22. The molecule has 0 unspecified atom stereocenters. The van der Waals surface area contributed by atoms with Crippen LogP contribution in [0, 0.1) is 13.8 Å². The van der Waals surface area contributed by atoms with Crippen molar-refractivity contribution in [3.63, 3.8) is 0 Å². The summed E-state index contributed by atoms with van der Waals surface area (Å²) in [5, 5.41) is 3.55. The molecule has 3 aromatic carbocycles. The molecule has 4 aromatic rings. The number of amides is 1. The van der Waals surface area contributed by atoms with E-state index in [9.17, 15) is 4.79 Å². The van der Waals surface area contributed by atoms with Crippen LogP contribution < -0.4 is 14.8 Å². The molecule has 0 aliphatic heterocycles. The minimum atomic E-state index is -0.151. The molecule has 0 radical (unpaired) electrons. The van der Waals surface area contributed by atoms with E-state index >= 15 is 0 Å². The van der Waals surface area contributed by atoms with Crippen LogP contribution in [0.1, 0.15) is 29.8 Å². The number of nitrogens with zero attached hydrogens (tertiary/aromatic N) is 2. The van der Waals surface area contributed by atoms with Gasteiger partial charge in [0.15, 0.2) is 6.61 Å². The van der Waals surface area contributed by atoms with E-state index in [4.69, 9.17) is 26.1 Å². The molecule has 36 heavy (non-hydrogen) atoms. The minimum absolute atomic E-state index is 0.0272. The van der Waals surface area contributed by atoms with Gasteiger partial charge in [0.2, 0.25) is 0 Å². The molecule has 0 spiro atoms. The van der Waals surface area contributed by atoms with Crippen LogP contribution >= 0.6 is 11.6 Å². The van der Waals surface area contributed by atoms with Crippen molar-refractivity contribution < 1.29 is 14.3 Å². The fourth-order valence-electron chi connectivity index (χ4n) is 4.06. The number of hydrogen-bond acceptors (Lipinski definition) is 4. The molecule has 0 aliphatic rings. The maximum Gasteiger partial charge on any atom is 0.257 e. The topological polar surface area (TPSA) is 65.4 Å². The monoisotopic (exact) mass is 505 g/mol. The first kappa shape index (κ1) is 25.6. The summed E-state index contributed by atoms with van der Waals surface area (Å²) < 4.78 is 13.8. The lowest BCUT2D eigenvalue weighted by atomic mass is 10.1. The lowest BCUT2D eigenvalue weighted by Crippen LogP contribution is -2.30. The van der Waals surface area contributed by atoms with E-state index in [0.717, 1.165) is 48.4 Å². The number of ether oxygens (including phenoxy) is 2. The molecule has 0 saturated heterocycles. The zero-order valence-electron chi connectivity index (χ0n) is 20.8. The molecule has 0 fully saturated rings. The van der Waals surface area contributed by atoms with Gasteiger partial charge in [-0.1, -0.05) is 35.9 Å². The Morgan fingerprint density at radius 3 is 2.61 bits per heavy atom. The number of halogens is 1. The number of para-hydroxylation sites is 2.